The maximum absolute atomic E-state index is 13.6. The number of fused-ring (bicyclic) bond motifs is 1. The zero-order valence-corrected chi connectivity index (χ0v) is 13.9. The van der Waals surface area contributed by atoms with Crippen molar-refractivity contribution in [3.8, 4) is 0 Å². The lowest BCUT2D eigenvalue weighted by atomic mass is 9.67. The van der Waals surface area contributed by atoms with E-state index in [2.05, 4.69) is 11.4 Å². The van der Waals surface area contributed by atoms with E-state index in [4.69, 9.17) is 0 Å². The van der Waals surface area contributed by atoms with Gasteiger partial charge in [-0.1, -0.05) is 36.4 Å². The molecule has 2 heterocycles. The zero-order valence-electron chi connectivity index (χ0n) is 13.9. The number of nitrogens with zero attached hydrogens (tertiary/aromatic N) is 1. The molecule has 0 radical (unpaired) electrons. The molecule has 2 atom stereocenters. The van der Waals surface area contributed by atoms with E-state index in [0.717, 1.165) is 30.6 Å². The third kappa shape index (κ3) is 2.42. The maximum atomic E-state index is 13.6. The molecule has 0 saturated carbocycles. The lowest BCUT2D eigenvalue weighted by Gasteiger charge is -2.50. The Morgan fingerprint density at radius 1 is 1.20 bits per heavy atom. The van der Waals surface area contributed by atoms with Crippen LogP contribution in [-0.2, 0) is 12.0 Å². The smallest absolute Gasteiger partial charge is 0.408 e. The lowest BCUT2D eigenvalue weighted by molar-refractivity contribution is 0.0559. The topological polar surface area (TPSA) is 52.6 Å². The molecule has 0 aliphatic carbocycles. The minimum absolute atomic E-state index is 0.107. The predicted octanol–water partition coefficient (Wildman–Crippen LogP) is 3.21. The Hall–Kier alpha value is -2.40. The van der Waals surface area contributed by atoms with Crippen molar-refractivity contribution in [2.24, 2.45) is 5.92 Å². The van der Waals surface area contributed by atoms with Gasteiger partial charge in [0, 0.05) is 19.0 Å². The quantitative estimate of drug-likeness (QED) is 0.883. The molecular formula is C20H21FN2O2. The van der Waals surface area contributed by atoms with E-state index in [0.29, 0.717) is 13.0 Å². The first-order valence-corrected chi connectivity index (χ1v) is 8.69. The van der Waals surface area contributed by atoms with Gasteiger partial charge in [-0.15, -0.1) is 0 Å². The van der Waals surface area contributed by atoms with Crippen LogP contribution < -0.4 is 5.32 Å². The second-order valence-corrected chi connectivity index (χ2v) is 6.80. The van der Waals surface area contributed by atoms with Crippen LogP contribution in [0.4, 0.5) is 9.18 Å². The van der Waals surface area contributed by atoms with Crippen LogP contribution in [0.5, 0.6) is 0 Å². The molecule has 25 heavy (non-hydrogen) atoms. The molecule has 5 heteroatoms. The Balaban J connectivity index is 2.01. The Morgan fingerprint density at radius 3 is 2.64 bits per heavy atom. The van der Waals surface area contributed by atoms with E-state index in [-0.39, 0.29) is 11.7 Å². The predicted molar refractivity (Wildman–Crippen MR) is 93.0 cm³/mol. The summed E-state index contributed by atoms with van der Waals surface area (Å²) >= 11 is 0. The first-order chi connectivity index (χ1) is 12.1. The van der Waals surface area contributed by atoms with Crippen molar-refractivity contribution in [3.05, 3.63) is 71.0 Å². The summed E-state index contributed by atoms with van der Waals surface area (Å²) in [5.74, 6) is -0.204. The van der Waals surface area contributed by atoms with E-state index in [1.54, 1.807) is 17.0 Å². The van der Waals surface area contributed by atoms with Crippen molar-refractivity contribution in [2.75, 3.05) is 19.6 Å². The van der Waals surface area contributed by atoms with Gasteiger partial charge in [0.1, 0.15) is 11.4 Å². The van der Waals surface area contributed by atoms with Gasteiger partial charge in [0.2, 0.25) is 0 Å². The summed E-state index contributed by atoms with van der Waals surface area (Å²) in [5.41, 5.74) is 2.27. The fourth-order valence-corrected chi connectivity index (χ4v) is 4.61. The number of hydrogen-bond acceptors (Lipinski definition) is 2. The first kappa shape index (κ1) is 16.1. The molecule has 2 N–H and O–H groups in total. The van der Waals surface area contributed by atoms with Crippen LogP contribution in [0.1, 0.15) is 23.1 Å². The Bertz CT molecular complexity index is 787. The van der Waals surface area contributed by atoms with Gasteiger partial charge in [-0.2, -0.15) is 0 Å². The van der Waals surface area contributed by atoms with E-state index in [9.17, 15) is 14.3 Å². The second kappa shape index (κ2) is 6.15. The third-order valence-corrected chi connectivity index (χ3v) is 5.62. The number of benzene rings is 2. The molecule has 1 unspecified atom stereocenters. The van der Waals surface area contributed by atoms with Crippen molar-refractivity contribution in [1.82, 2.24) is 10.2 Å². The van der Waals surface area contributed by atoms with Crippen molar-refractivity contribution < 1.29 is 14.3 Å². The van der Waals surface area contributed by atoms with Crippen LogP contribution in [0.3, 0.4) is 0 Å². The van der Waals surface area contributed by atoms with Gasteiger partial charge in [0.05, 0.1) is 0 Å². The minimum Gasteiger partial charge on any atom is -0.465 e. The number of hydrogen-bond donors (Lipinski definition) is 2. The van der Waals surface area contributed by atoms with E-state index >= 15 is 0 Å². The highest BCUT2D eigenvalue weighted by molar-refractivity contribution is 5.69. The van der Waals surface area contributed by atoms with Crippen molar-refractivity contribution in [2.45, 2.75) is 18.4 Å². The summed E-state index contributed by atoms with van der Waals surface area (Å²) in [6.45, 7) is 2.05. The number of halogens is 1. The van der Waals surface area contributed by atoms with Gasteiger partial charge in [-0.05, 0) is 48.2 Å². The third-order valence-electron chi connectivity index (χ3n) is 5.62. The number of carboxylic acid groups (broad SMARTS) is 1. The standard InChI is InChI=1S/C20H21FN2O2/c21-17-7-5-15(6-8-17)20(16-9-11-22-13-16)18-4-2-1-3-14(18)10-12-23(20)19(24)25/h1-8,16,22H,9-13H2,(H,24,25)/t16?,20-/m1/s1. The van der Waals surface area contributed by atoms with Crippen LogP contribution in [0.25, 0.3) is 0 Å². The molecule has 1 amide bonds. The molecule has 1 saturated heterocycles. The van der Waals surface area contributed by atoms with Gasteiger partial charge < -0.3 is 10.4 Å². The normalized spacial score (nSPS) is 25.6. The SMILES string of the molecule is O=C(O)N1CCc2ccccc2[C@@]1(c1ccc(F)cc1)C1CCNC1. The highest BCUT2D eigenvalue weighted by Crippen LogP contribution is 2.48. The maximum Gasteiger partial charge on any atom is 0.408 e. The summed E-state index contributed by atoms with van der Waals surface area (Å²) in [5, 5.41) is 13.4. The highest BCUT2D eigenvalue weighted by atomic mass is 19.1. The average molecular weight is 340 g/mol. The molecule has 0 bridgehead atoms. The van der Waals surface area contributed by atoms with Crippen LogP contribution in [0.15, 0.2) is 48.5 Å². The molecular weight excluding hydrogens is 319 g/mol. The van der Waals surface area contributed by atoms with Crippen molar-refractivity contribution >= 4 is 6.09 Å². The molecule has 2 aromatic carbocycles. The zero-order chi connectivity index (χ0) is 17.4. The van der Waals surface area contributed by atoms with Crippen molar-refractivity contribution in [1.29, 1.82) is 0 Å². The van der Waals surface area contributed by atoms with Crippen LogP contribution in [0.2, 0.25) is 0 Å². The Morgan fingerprint density at radius 2 is 1.96 bits per heavy atom. The van der Waals surface area contributed by atoms with Gasteiger partial charge in [0.25, 0.3) is 0 Å². The van der Waals surface area contributed by atoms with Gasteiger partial charge in [-0.25, -0.2) is 9.18 Å². The average Bonchev–Trinajstić information content (AvgIpc) is 3.16. The molecule has 1 fully saturated rings. The van der Waals surface area contributed by atoms with Crippen LogP contribution in [-0.4, -0.2) is 35.7 Å². The number of rotatable bonds is 2. The van der Waals surface area contributed by atoms with Crippen LogP contribution >= 0.6 is 0 Å². The molecule has 4 rings (SSSR count). The summed E-state index contributed by atoms with van der Waals surface area (Å²) in [4.78, 5) is 13.8. The van der Waals surface area contributed by atoms with E-state index < -0.39 is 11.6 Å². The summed E-state index contributed by atoms with van der Waals surface area (Å²) in [7, 11) is 0. The number of carbonyl (C=O) groups is 1. The summed E-state index contributed by atoms with van der Waals surface area (Å²) < 4.78 is 13.6. The molecule has 2 aromatic rings. The fourth-order valence-electron chi connectivity index (χ4n) is 4.61. The number of nitrogens with one attached hydrogen (secondary N) is 1. The molecule has 2 aliphatic rings. The Labute approximate surface area is 146 Å². The first-order valence-electron chi connectivity index (χ1n) is 8.69. The summed E-state index contributed by atoms with van der Waals surface area (Å²) in [6.07, 6.45) is 0.659. The molecule has 130 valence electrons. The second-order valence-electron chi connectivity index (χ2n) is 6.80. The largest absolute Gasteiger partial charge is 0.465 e. The summed E-state index contributed by atoms with van der Waals surface area (Å²) in [6, 6.07) is 14.4. The monoisotopic (exact) mass is 340 g/mol. The molecule has 0 spiro atoms. The molecule has 2 aliphatic heterocycles. The van der Waals surface area contributed by atoms with E-state index in [1.165, 1.54) is 17.7 Å². The lowest BCUT2D eigenvalue weighted by Crippen LogP contribution is -2.58. The number of amides is 1. The van der Waals surface area contributed by atoms with Crippen LogP contribution in [0, 0.1) is 11.7 Å². The minimum atomic E-state index is -0.925. The molecule has 0 aromatic heterocycles. The van der Waals surface area contributed by atoms with E-state index in [1.807, 2.05) is 18.2 Å². The van der Waals surface area contributed by atoms with Crippen molar-refractivity contribution in [3.63, 3.8) is 0 Å². The fraction of sp³-hybridized carbons (Fsp3) is 0.350. The highest BCUT2D eigenvalue weighted by Gasteiger charge is 2.52. The van der Waals surface area contributed by atoms with Gasteiger partial charge >= 0.3 is 6.09 Å². The molecule has 4 nitrogen and oxygen atoms in total. The van der Waals surface area contributed by atoms with Gasteiger partial charge in [-0.3, -0.25) is 4.90 Å². The Kier molecular flexibility index (Phi) is 3.96. The van der Waals surface area contributed by atoms with Gasteiger partial charge in [0.15, 0.2) is 0 Å².